The van der Waals surface area contributed by atoms with Gasteiger partial charge in [-0.15, -0.1) is 0 Å². The molecule has 3 atom stereocenters. The van der Waals surface area contributed by atoms with Crippen LogP contribution in [-0.2, 0) is 14.8 Å². The summed E-state index contributed by atoms with van der Waals surface area (Å²) in [6.45, 7) is 5.43. The number of amidine groups is 1. The van der Waals surface area contributed by atoms with Gasteiger partial charge in [-0.25, -0.2) is 8.42 Å². The number of rotatable bonds is 5. The SMILES string of the molecule is CC[C@H](C)[C@H](N=C1NS(=O)(=O)c2ccccc21)C(=O)N1CCCC(N(C)C)C1. The lowest BCUT2D eigenvalue weighted by atomic mass is 9.96. The number of likely N-dealkylation sites (N-methyl/N-ethyl adjacent to an activating group) is 1. The Hall–Kier alpha value is -1.93. The van der Waals surface area contributed by atoms with Crippen LogP contribution in [0.1, 0.15) is 38.7 Å². The number of hydrogen-bond acceptors (Lipinski definition) is 5. The summed E-state index contributed by atoms with van der Waals surface area (Å²) in [7, 11) is 0.458. The van der Waals surface area contributed by atoms with Gasteiger partial charge in [0.05, 0.1) is 4.90 Å². The van der Waals surface area contributed by atoms with Gasteiger partial charge in [-0.1, -0.05) is 32.4 Å². The van der Waals surface area contributed by atoms with Gasteiger partial charge >= 0.3 is 0 Å². The van der Waals surface area contributed by atoms with Gasteiger partial charge in [0.1, 0.15) is 11.9 Å². The molecule has 154 valence electrons. The van der Waals surface area contributed by atoms with E-state index in [4.69, 9.17) is 0 Å². The second-order valence-corrected chi connectivity index (χ2v) is 9.60. The number of aliphatic imine (C=N–C) groups is 1. The van der Waals surface area contributed by atoms with Gasteiger partial charge in [0.2, 0.25) is 5.91 Å². The Morgan fingerprint density at radius 2 is 2.07 bits per heavy atom. The maximum absolute atomic E-state index is 13.4. The third kappa shape index (κ3) is 4.07. The Kier molecular flexibility index (Phi) is 6.09. The van der Waals surface area contributed by atoms with E-state index < -0.39 is 16.1 Å². The van der Waals surface area contributed by atoms with E-state index in [1.165, 1.54) is 0 Å². The highest BCUT2D eigenvalue weighted by Gasteiger charge is 2.35. The highest BCUT2D eigenvalue weighted by atomic mass is 32.2. The maximum atomic E-state index is 13.4. The molecule has 0 bridgehead atoms. The van der Waals surface area contributed by atoms with Crippen molar-refractivity contribution in [2.75, 3.05) is 27.2 Å². The number of likely N-dealkylation sites (tertiary alicyclic amines) is 1. The summed E-state index contributed by atoms with van der Waals surface area (Å²) in [6.07, 6.45) is 2.83. The minimum Gasteiger partial charge on any atom is -0.339 e. The van der Waals surface area contributed by atoms with E-state index in [1.54, 1.807) is 24.3 Å². The average molecular weight is 407 g/mol. The Morgan fingerprint density at radius 1 is 1.36 bits per heavy atom. The van der Waals surface area contributed by atoms with Crippen molar-refractivity contribution < 1.29 is 13.2 Å². The molecule has 0 saturated carbocycles. The second kappa shape index (κ2) is 8.21. The first kappa shape index (κ1) is 20.8. The molecule has 2 aliphatic rings. The molecule has 1 N–H and O–H groups in total. The van der Waals surface area contributed by atoms with Crippen LogP contribution in [0.4, 0.5) is 0 Å². The number of nitrogens with zero attached hydrogens (tertiary/aromatic N) is 3. The summed E-state index contributed by atoms with van der Waals surface area (Å²) >= 11 is 0. The lowest BCUT2D eigenvalue weighted by Gasteiger charge is -2.38. The molecule has 1 amide bonds. The van der Waals surface area contributed by atoms with Crippen molar-refractivity contribution in [3.05, 3.63) is 29.8 Å². The Labute approximate surface area is 167 Å². The molecule has 2 heterocycles. The summed E-state index contributed by atoms with van der Waals surface area (Å²) in [4.78, 5) is 22.3. The van der Waals surface area contributed by atoms with E-state index >= 15 is 0 Å². The lowest BCUT2D eigenvalue weighted by molar-refractivity contribution is -0.135. The summed E-state index contributed by atoms with van der Waals surface area (Å²) in [5, 5.41) is 0. The number of carbonyl (C=O) groups excluding carboxylic acids is 1. The first-order valence-corrected chi connectivity index (χ1v) is 11.4. The van der Waals surface area contributed by atoms with Crippen molar-refractivity contribution in [2.24, 2.45) is 10.9 Å². The molecule has 0 spiro atoms. The molecule has 1 fully saturated rings. The molecule has 2 aliphatic heterocycles. The van der Waals surface area contributed by atoms with Crippen LogP contribution in [0.5, 0.6) is 0 Å². The van der Waals surface area contributed by atoms with Crippen molar-refractivity contribution in [3.63, 3.8) is 0 Å². The predicted octanol–water partition coefficient (Wildman–Crippen LogP) is 1.69. The van der Waals surface area contributed by atoms with E-state index in [-0.39, 0.29) is 22.6 Å². The van der Waals surface area contributed by atoms with Crippen LogP contribution in [0.2, 0.25) is 0 Å². The zero-order valence-electron chi connectivity index (χ0n) is 17.1. The van der Waals surface area contributed by atoms with Crippen molar-refractivity contribution >= 4 is 21.8 Å². The molecule has 8 heteroatoms. The number of hydrogen-bond donors (Lipinski definition) is 1. The monoisotopic (exact) mass is 406 g/mol. The smallest absolute Gasteiger partial charge is 0.263 e. The standard InChI is InChI=1S/C20H30N4O3S/c1-5-14(2)18(20(25)24-12-8-9-15(13-24)23(3)4)21-19-16-10-6-7-11-17(16)28(26,27)22-19/h6-7,10-11,14-15,18H,5,8-9,12-13H2,1-4H3,(H,21,22)/t14-,15?,18-/m0/s1. The van der Waals surface area contributed by atoms with Gasteiger partial charge in [-0.05, 0) is 45.0 Å². The number of sulfonamides is 1. The summed E-state index contributed by atoms with van der Waals surface area (Å²) in [6, 6.07) is 6.50. The van der Waals surface area contributed by atoms with Crippen LogP contribution >= 0.6 is 0 Å². The Balaban J connectivity index is 1.92. The van der Waals surface area contributed by atoms with E-state index in [0.717, 1.165) is 25.8 Å². The molecule has 0 radical (unpaired) electrons. The van der Waals surface area contributed by atoms with Crippen LogP contribution in [0.3, 0.4) is 0 Å². The van der Waals surface area contributed by atoms with Gasteiger partial charge in [-0.3, -0.25) is 14.5 Å². The number of amides is 1. The molecule has 0 aromatic heterocycles. The fraction of sp³-hybridized carbons (Fsp3) is 0.600. The number of piperidine rings is 1. The van der Waals surface area contributed by atoms with Gasteiger partial charge in [0.15, 0.2) is 0 Å². The molecule has 0 aliphatic carbocycles. The first-order valence-electron chi connectivity index (χ1n) is 9.89. The van der Waals surface area contributed by atoms with Gasteiger partial charge in [0.25, 0.3) is 10.0 Å². The summed E-state index contributed by atoms with van der Waals surface area (Å²) < 4.78 is 27.3. The number of nitrogens with one attached hydrogen (secondary N) is 1. The molecule has 1 saturated heterocycles. The third-order valence-electron chi connectivity index (χ3n) is 5.81. The van der Waals surface area contributed by atoms with E-state index in [1.807, 2.05) is 32.8 Å². The molecule has 7 nitrogen and oxygen atoms in total. The Morgan fingerprint density at radius 3 is 2.75 bits per heavy atom. The fourth-order valence-electron chi connectivity index (χ4n) is 3.78. The van der Waals surface area contributed by atoms with Gasteiger partial charge < -0.3 is 9.80 Å². The van der Waals surface area contributed by atoms with Gasteiger partial charge in [-0.2, -0.15) is 0 Å². The molecular formula is C20H30N4O3S. The summed E-state index contributed by atoms with van der Waals surface area (Å²) in [5.41, 5.74) is 0.536. The zero-order valence-corrected chi connectivity index (χ0v) is 17.9. The van der Waals surface area contributed by atoms with E-state index in [2.05, 4.69) is 14.6 Å². The second-order valence-electron chi connectivity index (χ2n) is 7.95. The number of carbonyl (C=O) groups is 1. The Bertz CT molecular complexity index is 866. The fourth-order valence-corrected chi connectivity index (χ4v) is 5.02. The number of benzene rings is 1. The minimum absolute atomic E-state index is 0.0111. The van der Waals surface area contributed by atoms with Crippen molar-refractivity contribution in [1.82, 2.24) is 14.5 Å². The van der Waals surface area contributed by atoms with Crippen LogP contribution in [0, 0.1) is 5.92 Å². The lowest BCUT2D eigenvalue weighted by Crippen LogP contribution is -2.51. The van der Waals surface area contributed by atoms with Crippen molar-refractivity contribution in [2.45, 2.75) is 50.1 Å². The van der Waals surface area contributed by atoms with Crippen LogP contribution in [0.15, 0.2) is 34.2 Å². The molecule has 1 aromatic carbocycles. The highest BCUT2D eigenvalue weighted by molar-refractivity contribution is 7.90. The third-order valence-corrected chi connectivity index (χ3v) is 7.20. The molecular weight excluding hydrogens is 376 g/mol. The molecule has 1 aromatic rings. The van der Waals surface area contributed by atoms with Crippen LogP contribution < -0.4 is 4.72 Å². The van der Waals surface area contributed by atoms with E-state index in [0.29, 0.717) is 18.2 Å². The van der Waals surface area contributed by atoms with Crippen molar-refractivity contribution in [1.29, 1.82) is 0 Å². The highest BCUT2D eigenvalue weighted by Crippen LogP contribution is 2.25. The predicted molar refractivity (Wildman–Crippen MR) is 110 cm³/mol. The zero-order chi connectivity index (χ0) is 20.5. The average Bonchev–Trinajstić information content (AvgIpc) is 2.95. The normalized spacial score (nSPS) is 24.7. The molecule has 3 rings (SSSR count). The topological polar surface area (TPSA) is 82.1 Å². The van der Waals surface area contributed by atoms with Crippen molar-refractivity contribution in [3.8, 4) is 0 Å². The number of fused-ring (bicyclic) bond motifs is 1. The van der Waals surface area contributed by atoms with Crippen LogP contribution in [0.25, 0.3) is 0 Å². The molecule has 1 unspecified atom stereocenters. The first-order chi connectivity index (χ1) is 13.2. The molecule has 28 heavy (non-hydrogen) atoms. The maximum Gasteiger partial charge on any atom is 0.263 e. The van der Waals surface area contributed by atoms with E-state index in [9.17, 15) is 13.2 Å². The minimum atomic E-state index is -3.62. The summed E-state index contributed by atoms with van der Waals surface area (Å²) in [5.74, 6) is 0.268. The van der Waals surface area contributed by atoms with Crippen LogP contribution in [-0.4, -0.2) is 69.2 Å². The van der Waals surface area contributed by atoms with Gasteiger partial charge in [0, 0.05) is 24.7 Å². The quantitative estimate of drug-likeness (QED) is 0.807. The largest absolute Gasteiger partial charge is 0.339 e.